The van der Waals surface area contributed by atoms with Gasteiger partial charge in [-0.25, -0.2) is 4.79 Å². The predicted molar refractivity (Wildman–Crippen MR) is 87.5 cm³/mol. The third-order valence-electron chi connectivity index (χ3n) is 3.77. The molecule has 0 bridgehead atoms. The third kappa shape index (κ3) is 2.53. The first kappa shape index (κ1) is 15.0. The van der Waals surface area contributed by atoms with Gasteiger partial charge in [0.05, 0.1) is 18.2 Å². The minimum atomic E-state index is -0.520. The summed E-state index contributed by atoms with van der Waals surface area (Å²) < 4.78 is 22.1. The second-order valence-electron chi connectivity index (χ2n) is 5.31. The first-order valence-corrected chi connectivity index (χ1v) is 7.46. The van der Waals surface area contributed by atoms with E-state index < -0.39 is 5.97 Å². The number of para-hydroxylation sites is 2. The van der Waals surface area contributed by atoms with Crippen LogP contribution in [-0.4, -0.2) is 19.4 Å². The van der Waals surface area contributed by atoms with Crippen molar-refractivity contribution in [2.24, 2.45) is 0 Å². The van der Waals surface area contributed by atoms with Gasteiger partial charge < -0.3 is 18.6 Å². The summed E-state index contributed by atoms with van der Waals surface area (Å²) in [5.41, 5.74) is 0.767. The lowest BCUT2D eigenvalue weighted by Gasteiger charge is -2.22. The Bertz CT molecular complexity index is 985. The fraction of sp³-hybridized carbons (Fsp3) is 0.0526. The molecular weight excluding hydrogens is 324 g/mol. The average Bonchev–Trinajstić information content (AvgIpc) is 3.13. The summed E-state index contributed by atoms with van der Waals surface area (Å²) >= 11 is 0. The Labute approximate surface area is 142 Å². The van der Waals surface area contributed by atoms with E-state index in [1.54, 1.807) is 30.3 Å². The number of furan rings is 1. The van der Waals surface area contributed by atoms with E-state index in [1.165, 1.54) is 13.2 Å². The number of methoxy groups -OCH3 is 1. The fourth-order valence-corrected chi connectivity index (χ4v) is 2.61. The summed E-state index contributed by atoms with van der Waals surface area (Å²) in [7, 11) is 1.30. The maximum Gasteiger partial charge on any atom is 0.338 e. The van der Waals surface area contributed by atoms with Crippen LogP contribution in [-0.2, 0) is 4.74 Å². The Kier molecular flexibility index (Phi) is 3.50. The van der Waals surface area contributed by atoms with Crippen molar-refractivity contribution in [3.05, 3.63) is 59.9 Å². The lowest BCUT2D eigenvalue weighted by atomic mass is 10.1. The van der Waals surface area contributed by atoms with Crippen LogP contribution in [0.5, 0.6) is 23.0 Å². The van der Waals surface area contributed by atoms with Crippen LogP contribution < -0.4 is 9.47 Å². The molecule has 2 heterocycles. The van der Waals surface area contributed by atoms with Crippen molar-refractivity contribution < 1.29 is 28.2 Å². The first-order chi connectivity index (χ1) is 12.2. The highest BCUT2D eigenvalue weighted by Crippen LogP contribution is 2.50. The van der Waals surface area contributed by atoms with E-state index in [9.17, 15) is 9.59 Å². The van der Waals surface area contributed by atoms with Gasteiger partial charge in [-0.2, -0.15) is 0 Å². The Morgan fingerprint density at radius 3 is 2.44 bits per heavy atom. The average molecular weight is 336 g/mol. The van der Waals surface area contributed by atoms with Gasteiger partial charge >= 0.3 is 5.97 Å². The van der Waals surface area contributed by atoms with Gasteiger partial charge in [0.15, 0.2) is 35.0 Å². The molecule has 0 spiro atoms. The molecule has 6 nitrogen and oxygen atoms in total. The van der Waals surface area contributed by atoms with Crippen LogP contribution in [0.2, 0.25) is 0 Å². The number of ether oxygens (including phenoxy) is 3. The second-order valence-corrected chi connectivity index (χ2v) is 5.31. The molecule has 124 valence electrons. The summed E-state index contributed by atoms with van der Waals surface area (Å²) in [4.78, 5) is 22.9. The summed E-state index contributed by atoms with van der Waals surface area (Å²) in [5, 5.41) is 0. The quantitative estimate of drug-likeness (QED) is 0.406. The molecule has 25 heavy (non-hydrogen) atoms. The number of aldehydes is 1. The Morgan fingerprint density at radius 1 is 1.00 bits per heavy atom. The van der Waals surface area contributed by atoms with Crippen LogP contribution in [0.1, 0.15) is 20.9 Å². The number of carbonyl (C=O) groups is 2. The molecule has 0 radical (unpaired) electrons. The number of hydrogen-bond acceptors (Lipinski definition) is 6. The van der Waals surface area contributed by atoms with Gasteiger partial charge in [-0.15, -0.1) is 0 Å². The largest absolute Gasteiger partial charge is 0.465 e. The first-order valence-electron chi connectivity index (χ1n) is 7.46. The van der Waals surface area contributed by atoms with Gasteiger partial charge in [-0.05, 0) is 36.4 Å². The molecular formula is C19H12O6. The van der Waals surface area contributed by atoms with Gasteiger partial charge in [-0.1, -0.05) is 12.1 Å². The van der Waals surface area contributed by atoms with Crippen molar-refractivity contribution in [1.82, 2.24) is 0 Å². The maximum atomic E-state index is 12.0. The number of carbonyl (C=O) groups excluding carboxylic acids is 2. The number of rotatable bonds is 3. The number of fused-ring (bicyclic) bond motifs is 2. The van der Waals surface area contributed by atoms with Crippen molar-refractivity contribution in [3.8, 4) is 34.3 Å². The molecule has 1 aliphatic heterocycles. The van der Waals surface area contributed by atoms with Gasteiger partial charge in [0.2, 0.25) is 0 Å². The van der Waals surface area contributed by atoms with Gasteiger partial charge in [0, 0.05) is 0 Å². The molecule has 0 fully saturated rings. The van der Waals surface area contributed by atoms with Crippen molar-refractivity contribution in [1.29, 1.82) is 0 Å². The molecule has 0 amide bonds. The summed E-state index contributed by atoms with van der Waals surface area (Å²) in [5.74, 6) is 1.88. The molecule has 3 aromatic rings. The lowest BCUT2D eigenvalue weighted by Crippen LogP contribution is -2.05. The van der Waals surface area contributed by atoms with Gasteiger partial charge in [-0.3, -0.25) is 4.79 Å². The zero-order valence-corrected chi connectivity index (χ0v) is 13.1. The van der Waals surface area contributed by atoms with E-state index in [0.29, 0.717) is 40.6 Å². The summed E-state index contributed by atoms with van der Waals surface area (Å²) in [6, 6.07) is 13.5. The zero-order chi connectivity index (χ0) is 17.4. The topological polar surface area (TPSA) is 75.0 Å². The molecule has 4 rings (SSSR count). The van der Waals surface area contributed by atoms with Crippen LogP contribution in [0.15, 0.2) is 52.9 Å². The second kappa shape index (κ2) is 5.83. The monoisotopic (exact) mass is 336 g/mol. The van der Waals surface area contributed by atoms with E-state index in [4.69, 9.17) is 18.6 Å². The van der Waals surface area contributed by atoms with E-state index in [-0.39, 0.29) is 11.3 Å². The highest BCUT2D eigenvalue weighted by molar-refractivity contribution is 5.93. The molecule has 0 unspecified atom stereocenters. The van der Waals surface area contributed by atoms with Crippen LogP contribution in [0, 0.1) is 0 Å². The number of esters is 1. The van der Waals surface area contributed by atoms with Crippen molar-refractivity contribution in [2.75, 3.05) is 7.11 Å². The van der Waals surface area contributed by atoms with Crippen LogP contribution >= 0.6 is 0 Å². The third-order valence-corrected chi connectivity index (χ3v) is 3.77. The Hall–Kier alpha value is -3.54. The summed E-state index contributed by atoms with van der Waals surface area (Å²) in [6.45, 7) is 0. The molecule has 0 saturated heterocycles. The van der Waals surface area contributed by atoms with Gasteiger partial charge in [0.25, 0.3) is 0 Å². The normalized spacial score (nSPS) is 11.6. The highest BCUT2D eigenvalue weighted by atomic mass is 16.6. The van der Waals surface area contributed by atoms with Crippen LogP contribution in [0.3, 0.4) is 0 Å². The minimum absolute atomic E-state index is 0.171. The highest BCUT2D eigenvalue weighted by Gasteiger charge is 2.26. The van der Waals surface area contributed by atoms with E-state index in [0.717, 1.165) is 0 Å². The zero-order valence-electron chi connectivity index (χ0n) is 13.1. The molecule has 0 saturated carbocycles. The number of benzene rings is 2. The molecule has 6 heteroatoms. The summed E-state index contributed by atoms with van der Waals surface area (Å²) in [6.07, 6.45) is 0.604. The molecule has 0 N–H and O–H groups in total. The standard InChI is InChI=1S/C19H12O6/c1-22-19(21)11-8-13(14-7-6-12(10-20)23-14)18-17(9-11)24-15-4-2-3-5-16(15)25-18/h2-10H,1H3. The molecule has 1 aliphatic rings. The van der Waals surface area contributed by atoms with E-state index in [1.807, 2.05) is 12.1 Å². The van der Waals surface area contributed by atoms with E-state index >= 15 is 0 Å². The smallest absolute Gasteiger partial charge is 0.338 e. The molecule has 0 atom stereocenters. The van der Waals surface area contributed by atoms with Crippen molar-refractivity contribution in [2.45, 2.75) is 0 Å². The maximum absolute atomic E-state index is 12.0. The molecule has 0 aliphatic carbocycles. The van der Waals surface area contributed by atoms with Crippen molar-refractivity contribution in [3.63, 3.8) is 0 Å². The number of hydrogen-bond donors (Lipinski definition) is 0. The van der Waals surface area contributed by atoms with Gasteiger partial charge in [0.1, 0.15) is 5.76 Å². The Balaban J connectivity index is 1.90. The van der Waals surface area contributed by atoms with Crippen LogP contribution in [0.4, 0.5) is 0 Å². The fourth-order valence-electron chi connectivity index (χ4n) is 2.61. The van der Waals surface area contributed by atoms with Crippen LogP contribution in [0.25, 0.3) is 11.3 Å². The minimum Gasteiger partial charge on any atom is -0.465 e. The van der Waals surface area contributed by atoms with E-state index in [2.05, 4.69) is 0 Å². The molecule has 1 aromatic heterocycles. The van der Waals surface area contributed by atoms with Crippen molar-refractivity contribution >= 4 is 12.3 Å². The lowest BCUT2D eigenvalue weighted by molar-refractivity contribution is 0.0600. The molecule has 2 aromatic carbocycles. The predicted octanol–water partition coefficient (Wildman–Crippen LogP) is 4.44. The Morgan fingerprint density at radius 2 is 1.76 bits per heavy atom. The SMILES string of the molecule is COC(=O)c1cc2c(c(-c3ccc(C=O)o3)c1)Oc1ccccc1O2.